The molecule has 0 amide bonds. The van der Waals surface area contributed by atoms with Gasteiger partial charge in [-0.25, -0.2) is 0 Å². The lowest BCUT2D eigenvalue weighted by molar-refractivity contribution is 0.290. The first-order valence-corrected chi connectivity index (χ1v) is 6.60. The van der Waals surface area contributed by atoms with Crippen molar-refractivity contribution in [3.8, 4) is 17.6 Å². The monoisotopic (exact) mass is 270 g/mol. The second-order valence-corrected chi connectivity index (χ2v) is 4.34. The molecule has 4 heteroatoms. The third-order valence-corrected chi connectivity index (χ3v) is 2.82. The molecule has 0 unspecified atom stereocenters. The maximum absolute atomic E-state index is 8.65. The number of nitrogens with zero attached hydrogens (tertiary/aromatic N) is 2. The number of aryl methyl sites for hydroxylation is 1. The van der Waals surface area contributed by atoms with Crippen molar-refractivity contribution in [2.75, 3.05) is 13.2 Å². The Hall–Kier alpha value is -2.25. The van der Waals surface area contributed by atoms with E-state index >= 15 is 0 Å². The zero-order valence-corrected chi connectivity index (χ0v) is 11.5. The van der Waals surface area contributed by atoms with Crippen molar-refractivity contribution < 1.29 is 9.84 Å². The number of aromatic nitrogens is 2. The van der Waals surface area contributed by atoms with E-state index in [1.165, 1.54) is 0 Å². The van der Waals surface area contributed by atoms with Crippen molar-refractivity contribution in [3.05, 3.63) is 47.8 Å². The van der Waals surface area contributed by atoms with Crippen LogP contribution in [0.1, 0.15) is 17.7 Å². The summed E-state index contributed by atoms with van der Waals surface area (Å²) in [6, 6.07) is 9.61. The van der Waals surface area contributed by atoms with Crippen molar-refractivity contribution in [1.29, 1.82) is 0 Å². The van der Waals surface area contributed by atoms with Gasteiger partial charge in [0.25, 0.3) is 0 Å². The molecule has 0 aliphatic heterocycles. The number of benzene rings is 1. The molecule has 1 N–H and O–H groups in total. The van der Waals surface area contributed by atoms with Gasteiger partial charge in [0.05, 0.1) is 13.2 Å². The average Bonchev–Trinajstić information content (AvgIpc) is 2.87. The standard InChI is InChI=1S/C16H18N2O2/c1-14-9-10-17-18(14)11-13-20-16-7-5-15(6-8-16)4-2-3-12-19/h5-10,19H,3,11-13H2,1H3. The molecule has 0 saturated carbocycles. The number of aliphatic hydroxyl groups is 1. The minimum absolute atomic E-state index is 0.0983. The Kier molecular flexibility index (Phi) is 5.22. The van der Waals surface area contributed by atoms with Crippen LogP contribution in [0.2, 0.25) is 0 Å². The largest absolute Gasteiger partial charge is 0.492 e. The lowest BCUT2D eigenvalue weighted by Gasteiger charge is -2.07. The quantitative estimate of drug-likeness (QED) is 0.845. The van der Waals surface area contributed by atoms with Gasteiger partial charge >= 0.3 is 0 Å². The maximum Gasteiger partial charge on any atom is 0.119 e. The highest BCUT2D eigenvalue weighted by molar-refractivity contribution is 5.38. The van der Waals surface area contributed by atoms with E-state index in [1.807, 2.05) is 41.9 Å². The molecule has 1 heterocycles. The fraction of sp³-hybridized carbons (Fsp3) is 0.312. The van der Waals surface area contributed by atoms with Gasteiger partial charge in [0.1, 0.15) is 12.4 Å². The summed E-state index contributed by atoms with van der Waals surface area (Å²) < 4.78 is 7.58. The fourth-order valence-electron chi connectivity index (χ4n) is 1.74. The highest BCUT2D eigenvalue weighted by atomic mass is 16.5. The molecule has 2 aromatic rings. The third kappa shape index (κ3) is 4.15. The molecule has 1 aromatic heterocycles. The number of ether oxygens (including phenoxy) is 1. The topological polar surface area (TPSA) is 47.3 Å². The zero-order chi connectivity index (χ0) is 14.2. The summed E-state index contributed by atoms with van der Waals surface area (Å²) in [4.78, 5) is 0. The molecule has 1 aromatic carbocycles. The summed E-state index contributed by atoms with van der Waals surface area (Å²) in [5.74, 6) is 6.69. The van der Waals surface area contributed by atoms with Gasteiger partial charge in [0.15, 0.2) is 0 Å². The third-order valence-electron chi connectivity index (χ3n) is 2.82. The Morgan fingerprint density at radius 2 is 2.05 bits per heavy atom. The van der Waals surface area contributed by atoms with Crippen LogP contribution in [0, 0.1) is 18.8 Å². The molecule has 2 rings (SSSR count). The fourth-order valence-corrected chi connectivity index (χ4v) is 1.74. The smallest absolute Gasteiger partial charge is 0.119 e. The van der Waals surface area contributed by atoms with Crippen LogP contribution in [0.4, 0.5) is 0 Å². The molecule has 20 heavy (non-hydrogen) atoms. The summed E-state index contributed by atoms with van der Waals surface area (Å²) in [5.41, 5.74) is 2.05. The molecule has 0 fully saturated rings. The molecule has 0 aliphatic carbocycles. The Morgan fingerprint density at radius 3 is 2.70 bits per heavy atom. The predicted octanol–water partition coefficient (Wildman–Crippen LogP) is 2.00. The van der Waals surface area contributed by atoms with Gasteiger partial charge in [-0.1, -0.05) is 11.8 Å². The van der Waals surface area contributed by atoms with Gasteiger partial charge in [-0.3, -0.25) is 4.68 Å². The molecular weight excluding hydrogens is 252 g/mol. The van der Waals surface area contributed by atoms with E-state index in [9.17, 15) is 0 Å². The van der Waals surface area contributed by atoms with E-state index in [0.29, 0.717) is 13.0 Å². The van der Waals surface area contributed by atoms with Crippen molar-refractivity contribution >= 4 is 0 Å². The summed E-state index contributed by atoms with van der Waals surface area (Å²) >= 11 is 0. The van der Waals surface area contributed by atoms with Gasteiger partial charge in [-0.15, -0.1) is 0 Å². The summed E-state index contributed by atoms with van der Waals surface area (Å²) in [6.45, 7) is 3.43. The van der Waals surface area contributed by atoms with Crippen LogP contribution >= 0.6 is 0 Å². The molecule has 104 valence electrons. The molecule has 0 saturated heterocycles. The van der Waals surface area contributed by atoms with Crippen LogP contribution in [-0.4, -0.2) is 28.1 Å². The van der Waals surface area contributed by atoms with Gasteiger partial charge in [0.2, 0.25) is 0 Å². The highest BCUT2D eigenvalue weighted by Crippen LogP contribution is 2.11. The first kappa shape index (κ1) is 14.2. The van der Waals surface area contributed by atoms with E-state index in [-0.39, 0.29) is 6.61 Å². The molecule has 0 atom stereocenters. The molecule has 0 spiro atoms. The van der Waals surface area contributed by atoms with E-state index < -0.39 is 0 Å². The Morgan fingerprint density at radius 1 is 1.25 bits per heavy atom. The summed E-state index contributed by atoms with van der Waals surface area (Å²) in [5, 5.41) is 12.9. The number of hydrogen-bond donors (Lipinski definition) is 1. The first-order chi connectivity index (χ1) is 9.79. The van der Waals surface area contributed by atoms with E-state index in [2.05, 4.69) is 16.9 Å². The molecule has 0 bridgehead atoms. The van der Waals surface area contributed by atoms with Crippen LogP contribution < -0.4 is 4.74 Å². The minimum Gasteiger partial charge on any atom is -0.492 e. The zero-order valence-electron chi connectivity index (χ0n) is 11.5. The highest BCUT2D eigenvalue weighted by Gasteiger charge is 1.98. The van der Waals surface area contributed by atoms with Crippen LogP contribution in [0.5, 0.6) is 5.75 Å². The predicted molar refractivity (Wildman–Crippen MR) is 77.5 cm³/mol. The van der Waals surface area contributed by atoms with Crippen LogP contribution in [0.3, 0.4) is 0 Å². The molecule has 4 nitrogen and oxygen atoms in total. The van der Waals surface area contributed by atoms with Crippen molar-refractivity contribution in [3.63, 3.8) is 0 Å². The Balaban J connectivity index is 1.82. The summed E-state index contributed by atoms with van der Waals surface area (Å²) in [6.07, 6.45) is 2.29. The Labute approximate surface area is 119 Å². The molecular formula is C16H18N2O2. The van der Waals surface area contributed by atoms with Crippen LogP contribution in [0.15, 0.2) is 36.5 Å². The lowest BCUT2D eigenvalue weighted by atomic mass is 10.2. The van der Waals surface area contributed by atoms with Crippen molar-refractivity contribution in [2.45, 2.75) is 19.9 Å². The van der Waals surface area contributed by atoms with E-state index in [0.717, 1.165) is 23.6 Å². The summed E-state index contributed by atoms with van der Waals surface area (Å²) in [7, 11) is 0. The van der Waals surface area contributed by atoms with Crippen LogP contribution in [0.25, 0.3) is 0 Å². The number of aliphatic hydroxyl groups excluding tert-OH is 1. The minimum atomic E-state index is 0.0983. The number of rotatable bonds is 5. The normalized spacial score (nSPS) is 9.90. The van der Waals surface area contributed by atoms with Crippen molar-refractivity contribution in [1.82, 2.24) is 9.78 Å². The lowest BCUT2D eigenvalue weighted by Crippen LogP contribution is -2.10. The SMILES string of the molecule is Cc1ccnn1CCOc1ccc(C#CCCO)cc1. The second-order valence-electron chi connectivity index (χ2n) is 4.34. The van der Waals surface area contributed by atoms with Gasteiger partial charge in [-0.05, 0) is 37.3 Å². The Bertz CT molecular complexity index is 591. The average molecular weight is 270 g/mol. The van der Waals surface area contributed by atoms with Crippen molar-refractivity contribution in [2.24, 2.45) is 0 Å². The van der Waals surface area contributed by atoms with E-state index in [4.69, 9.17) is 9.84 Å². The number of hydrogen-bond acceptors (Lipinski definition) is 3. The maximum atomic E-state index is 8.65. The van der Waals surface area contributed by atoms with Crippen LogP contribution in [-0.2, 0) is 6.54 Å². The first-order valence-electron chi connectivity index (χ1n) is 6.60. The van der Waals surface area contributed by atoms with Gasteiger partial charge in [-0.2, -0.15) is 5.10 Å². The molecule has 0 radical (unpaired) electrons. The van der Waals surface area contributed by atoms with E-state index in [1.54, 1.807) is 6.20 Å². The van der Waals surface area contributed by atoms with Gasteiger partial charge in [0, 0.05) is 23.9 Å². The molecule has 0 aliphatic rings. The second kappa shape index (κ2) is 7.37. The van der Waals surface area contributed by atoms with Gasteiger partial charge < -0.3 is 9.84 Å².